The van der Waals surface area contributed by atoms with Crippen molar-refractivity contribution in [3.05, 3.63) is 16.4 Å². The number of rotatable bonds is 3. The highest BCUT2D eigenvalue weighted by molar-refractivity contribution is 9.09. The van der Waals surface area contributed by atoms with Crippen LogP contribution in [0, 0.1) is 23.7 Å². The highest BCUT2D eigenvalue weighted by atomic mass is 79.9. The molecule has 0 aliphatic heterocycles. The summed E-state index contributed by atoms with van der Waals surface area (Å²) in [7, 11) is 2.01. The molecule has 2 rings (SSSR count). The van der Waals surface area contributed by atoms with Crippen LogP contribution in [-0.2, 0) is 13.5 Å². The van der Waals surface area contributed by atoms with Crippen molar-refractivity contribution in [3.63, 3.8) is 0 Å². The Kier molecular flexibility index (Phi) is 5.15. The van der Waals surface area contributed by atoms with Crippen molar-refractivity contribution in [2.24, 2.45) is 23.8 Å². The van der Waals surface area contributed by atoms with Gasteiger partial charge in [-0.05, 0) is 55.8 Å². The molecule has 1 aromatic rings. The minimum absolute atomic E-state index is 0.339. The maximum Gasteiger partial charge on any atom is 0.0847 e. The van der Waals surface area contributed by atoms with Gasteiger partial charge in [0.2, 0.25) is 0 Å². The van der Waals surface area contributed by atoms with Crippen LogP contribution >= 0.6 is 27.5 Å². The standard InChI is InChI=1S/C17H28BrClN2/c1-12-15(19)14(21(5)20-12)10-17(11-18)8-6-13(7-9-17)16(2,3)4/h13H,6-11H2,1-5H3. The first-order chi connectivity index (χ1) is 9.68. The summed E-state index contributed by atoms with van der Waals surface area (Å²) in [5.41, 5.74) is 2.91. The van der Waals surface area contributed by atoms with E-state index in [1.54, 1.807) is 0 Å². The molecule has 0 spiro atoms. The number of nitrogens with zero attached hydrogens (tertiary/aromatic N) is 2. The number of halogens is 2. The molecule has 0 N–H and O–H groups in total. The zero-order chi connectivity index (χ0) is 15.8. The van der Waals surface area contributed by atoms with Crippen molar-refractivity contribution < 1.29 is 0 Å². The smallest absolute Gasteiger partial charge is 0.0847 e. The molecule has 21 heavy (non-hydrogen) atoms. The highest BCUT2D eigenvalue weighted by Crippen LogP contribution is 2.48. The van der Waals surface area contributed by atoms with Gasteiger partial charge < -0.3 is 0 Å². The van der Waals surface area contributed by atoms with Gasteiger partial charge >= 0.3 is 0 Å². The average molecular weight is 376 g/mol. The van der Waals surface area contributed by atoms with Crippen molar-refractivity contribution in [1.82, 2.24) is 9.78 Å². The van der Waals surface area contributed by atoms with Crippen LogP contribution in [0.15, 0.2) is 0 Å². The number of alkyl halides is 1. The van der Waals surface area contributed by atoms with Crippen LogP contribution in [0.5, 0.6) is 0 Å². The summed E-state index contributed by atoms with van der Waals surface area (Å²) in [5.74, 6) is 0.841. The maximum atomic E-state index is 6.45. The third kappa shape index (κ3) is 3.67. The van der Waals surface area contributed by atoms with Gasteiger partial charge in [-0.3, -0.25) is 4.68 Å². The second-order valence-electron chi connectivity index (χ2n) is 7.92. The fourth-order valence-corrected chi connectivity index (χ4v) is 4.67. The highest BCUT2D eigenvalue weighted by Gasteiger charge is 2.39. The van der Waals surface area contributed by atoms with Crippen LogP contribution in [0.2, 0.25) is 5.02 Å². The third-order valence-electron chi connectivity index (χ3n) is 5.36. The molecule has 0 unspecified atom stereocenters. The van der Waals surface area contributed by atoms with Gasteiger partial charge in [-0.25, -0.2) is 0 Å². The van der Waals surface area contributed by atoms with Gasteiger partial charge in [-0.2, -0.15) is 5.10 Å². The summed E-state index contributed by atoms with van der Waals surface area (Å²) in [5, 5.41) is 6.38. The van der Waals surface area contributed by atoms with E-state index in [0.29, 0.717) is 10.8 Å². The molecule has 0 radical (unpaired) electrons. The Labute approximate surface area is 142 Å². The molecule has 1 aliphatic carbocycles. The SMILES string of the molecule is Cc1nn(C)c(CC2(CBr)CCC(C(C)(C)C)CC2)c1Cl. The van der Waals surface area contributed by atoms with Gasteiger partial charge in [0.05, 0.1) is 16.4 Å². The van der Waals surface area contributed by atoms with Gasteiger partial charge in [0.15, 0.2) is 0 Å². The largest absolute Gasteiger partial charge is 0.271 e. The normalized spacial score (nSPS) is 27.1. The van der Waals surface area contributed by atoms with Gasteiger partial charge in [0, 0.05) is 12.4 Å². The lowest BCUT2D eigenvalue weighted by molar-refractivity contribution is 0.102. The van der Waals surface area contributed by atoms with E-state index in [9.17, 15) is 0 Å². The topological polar surface area (TPSA) is 17.8 Å². The summed E-state index contributed by atoms with van der Waals surface area (Å²) in [6.45, 7) is 9.11. The summed E-state index contributed by atoms with van der Waals surface area (Å²) in [4.78, 5) is 0. The van der Waals surface area contributed by atoms with Crippen molar-refractivity contribution in [2.45, 2.75) is 59.8 Å². The lowest BCUT2D eigenvalue weighted by atomic mass is 9.63. The average Bonchev–Trinajstić information content (AvgIpc) is 2.65. The van der Waals surface area contributed by atoms with Crippen LogP contribution in [-0.4, -0.2) is 15.1 Å². The van der Waals surface area contributed by atoms with Gasteiger partial charge in [0.1, 0.15) is 0 Å². The van der Waals surface area contributed by atoms with Crippen LogP contribution in [0.3, 0.4) is 0 Å². The van der Waals surface area contributed by atoms with Crippen LogP contribution < -0.4 is 0 Å². The molecule has 4 heteroatoms. The molecular formula is C17H28BrClN2. The Balaban J connectivity index is 2.14. The number of hydrogen-bond acceptors (Lipinski definition) is 1. The van der Waals surface area contributed by atoms with E-state index in [0.717, 1.165) is 28.4 Å². The van der Waals surface area contributed by atoms with E-state index in [-0.39, 0.29) is 0 Å². The van der Waals surface area contributed by atoms with E-state index >= 15 is 0 Å². The number of aryl methyl sites for hydroxylation is 2. The number of aromatic nitrogens is 2. The molecule has 0 atom stereocenters. The minimum atomic E-state index is 0.339. The summed E-state index contributed by atoms with van der Waals surface area (Å²) < 4.78 is 1.97. The maximum absolute atomic E-state index is 6.45. The first-order valence-corrected chi connectivity index (χ1v) is 9.42. The molecule has 1 saturated carbocycles. The Bertz CT molecular complexity index is 494. The molecule has 1 fully saturated rings. The first-order valence-electron chi connectivity index (χ1n) is 7.92. The monoisotopic (exact) mass is 374 g/mol. The van der Waals surface area contributed by atoms with Crippen molar-refractivity contribution >= 4 is 27.5 Å². The van der Waals surface area contributed by atoms with E-state index in [4.69, 9.17) is 11.6 Å². The third-order valence-corrected chi connectivity index (χ3v) is 7.04. The van der Waals surface area contributed by atoms with Gasteiger partial charge in [0.25, 0.3) is 0 Å². The molecule has 0 bridgehead atoms. The summed E-state index contributed by atoms with van der Waals surface area (Å²) in [6.07, 6.45) is 6.24. The minimum Gasteiger partial charge on any atom is -0.271 e. The fourth-order valence-electron chi connectivity index (χ4n) is 3.68. The molecular weight excluding hydrogens is 348 g/mol. The van der Waals surface area contributed by atoms with Crippen LogP contribution in [0.4, 0.5) is 0 Å². The van der Waals surface area contributed by atoms with Gasteiger partial charge in [-0.15, -0.1) is 0 Å². The second kappa shape index (κ2) is 6.23. The lowest BCUT2D eigenvalue weighted by Gasteiger charge is -2.43. The van der Waals surface area contributed by atoms with Crippen LogP contribution in [0.1, 0.15) is 57.8 Å². The lowest BCUT2D eigenvalue weighted by Crippen LogP contribution is -2.35. The zero-order valence-electron chi connectivity index (χ0n) is 14.0. The van der Waals surface area contributed by atoms with Crippen LogP contribution in [0.25, 0.3) is 0 Å². The van der Waals surface area contributed by atoms with Crippen molar-refractivity contribution in [2.75, 3.05) is 5.33 Å². The Morgan fingerprint density at radius 1 is 1.33 bits per heavy atom. The molecule has 2 nitrogen and oxygen atoms in total. The van der Waals surface area contributed by atoms with E-state index in [2.05, 4.69) is 41.8 Å². The van der Waals surface area contributed by atoms with Crippen molar-refractivity contribution in [3.8, 4) is 0 Å². The molecule has 1 aromatic heterocycles. The molecule has 1 aliphatic rings. The summed E-state index contributed by atoms with van der Waals surface area (Å²) >= 11 is 10.2. The molecule has 0 saturated heterocycles. The molecule has 120 valence electrons. The quantitative estimate of drug-likeness (QED) is 0.634. The molecule has 0 amide bonds. The predicted octanol–water partition coefficient (Wildman–Crippen LogP) is 5.54. The second-order valence-corrected chi connectivity index (χ2v) is 8.86. The Morgan fingerprint density at radius 2 is 1.90 bits per heavy atom. The Hall–Kier alpha value is -0.0200. The number of hydrogen-bond donors (Lipinski definition) is 0. The van der Waals surface area contributed by atoms with Crippen molar-refractivity contribution in [1.29, 1.82) is 0 Å². The fraction of sp³-hybridized carbons (Fsp3) is 0.824. The van der Waals surface area contributed by atoms with E-state index in [1.165, 1.54) is 31.4 Å². The molecule has 1 heterocycles. The predicted molar refractivity (Wildman–Crippen MR) is 94.3 cm³/mol. The Morgan fingerprint density at radius 3 is 2.29 bits per heavy atom. The summed E-state index contributed by atoms with van der Waals surface area (Å²) in [6, 6.07) is 0. The van der Waals surface area contributed by atoms with E-state index < -0.39 is 0 Å². The first kappa shape index (κ1) is 17.3. The zero-order valence-corrected chi connectivity index (χ0v) is 16.3. The van der Waals surface area contributed by atoms with E-state index in [1.807, 2.05) is 18.7 Å². The van der Waals surface area contributed by atoms with Gasteiger partial charge in [-0.1, -0.05) is 48.3 Å². The molecule has 0 aromatic carbocycles.